The summed E-state index contributed by atoms with van der Waals surface area (Å²) in [4.78, 5) is 37.9. The number of ether oxygens (including phenoxy) is 1. The van der Waals surface area contributed by atoms with Crippen LogP contribution in [0.4, 0.5) is 5.69 Å². The number of benzene rings is 2. The number of nitrogens with zero attached hydrogens (tertiary/aromatic N) is 1. The molecule has 2 N–H and O–H groups in total. The third kappa shape index (κ3) is 6.64. The summed E-state index contributed by atoms with van der Waals surface area (Å²) in [6.07, 6.45) is 0. The van der Waals surface area contributed by atoms with Crippen LogP contribution in [0.5, 0.6) is 5.75 Å². The van der Waals surface area contributed by atoms with Crippen LogP contribution in [0.2, 0.25) is 0 Å². The molecule has 0 heterocycles. The Hall–Kier alpha value is -3.35. The molecule has 0 aromatic heterocycles. The molecule has 0 saturated heterocycles. The number of carbonyl (C=O) groups excluding carboxylic acids is 3. The van der Waals surface area contributed by atoms with E-state index in [4.69, 9.17) is 4.74 Å². The lowest BCUT2D eigenvalue weighted by atomic mass is 10.2. The lowest BCUT2D eigenvalue weighted by Crippen LogP contribution is -2.33. The van der Waals surface area contributed by atoms with Gasteiger partial charge >= 0.3 is 0 Å². The maximum absolute atomic E-state index is 12.4. The first-order chi connectivity index (χ1) is 13.9. The number of hydrogen-bond acceptors (Lipinski definition) is 4. The van der Waals surface area contributed by atoms with Gasteiger partial charge in [-0.1, -0.05) is 24.3 Å². The van der Waals surface area contributed by atoms with Gasteiger partial charge in [-0.3, -0.25) is 14.4 Å². The van der Waals surface area contributed by atoms with E-state index in [0.29, 0.717) is 36.7 Å². The third-order valence-corrected chi connectivity index (χ3v) is 4.25. The molecule has 0 atom stereocenters. The Kier molecular flexibility index (Phi) is 8.21. The Bertz CT molecular complexity index is 867. The van der Waals surface area contributed by atoms with Gasteiger partial charge in [0.15, 0.2) is 0 Å². The first kappa shape index (κ1) is 21.9. The molecule has 0 aliphatic heterocycles. The molecule has 2 aromatic carbocycles. The summed E-state index contributed by atoms with van der Waals surface area (Å²) in [7, 11) is 0. The first-order valence-electron chi connectivity index (χ1n) is 9.58. The summed E-state index contributed by atoms with van der Waals surface area (Å²) in [5, 5.41) is 5.37. The fraction of sp³-hybridized carbons (Fsp3) is 0.318. The van der Waals surface area contributed by atoms with Crippen molar-refractivity contribution >= 4 is 23.4 Å². The Morgan fingerprint density at radius 3 is 2.48 bits per heavy atom. The average molecular weight is 397 g/mol. The quantitative estimate of drug-likeness (QED) is 0.681. The van der Waals surface area contributed by atoms with Gasteiger partial charge in [-0.05, 0) is 43.7 Å². The van der Waals surface area contributed by atoms with Gasteiger partial charge in [-0.25, -0.2) is 0 Å². The summed E-state index contributed by atoms with van der Waals surface area (Å²) in [5.74, 6) is -0.246. The topological polar surface area (TPSA) is 87.7 Å². The molecule has 0 unspecified atom stereocenters. The maximum atomic E-state index is 12.4. The van der Waals surface area contributed by atoms with E-state index in [0.717, 1.165) is 5.56 Å². The fourth-order valence-corrected chi connectivity index (χ4v) is 2.81. The highest BCUT2D eigenvalue weighted by atomic mass is 16.5. The molecular formula is C22H27N3O4. The molecular weight excluding hydrogens is 370 g/mol. The SMILES string of the molecule is CCOc1ccccc1C(=O)NCC(=O)Nc1cccc(CN(CC)C(C)=O)c1. The Morgan fingerprint density at radius 1 is 1.03 bits per heavy atom. The zero-order chi connectivity index (χ0) is 21.2. The minimum absolute atomic E-state index is 0.00279. The smallest absolute Gasteiger partial charge is 0.255 e. The van der Waals surface area contributed by atoms with Crippen LogP contribution < -0.4 is 15.4 Å². The van der Waals surface area contributed by atoms with E-state index in [9.17, 15) is 14.4 Å². The van der Waals surface area contributed by atoms with Crippen molar-refractivity contribution in [3.05, 3.63) is 59.7 Å². The molecule has 154 valence electrons. The Balaban J connectivity index is 1.93. The van der Waals surface area contributed by atoms with Crippen LogP contribution in [0.3, 0.4) is 0 Å². The maximum Gasteiger partial charge on any atom is 0.255 e. The molecule has 3 amide bonds. The van der Waals surface area contributed by atoms with Crippen LogP contribution in [0.25, 0.3) is 0 Å². The van der Waals surface area contributed by atoms with Crippen molar-refractivity contribution in [2.45, 2.75) is 27.3 Å². The molecule has 0 bridgehead atoms. The number of nitrogens with one attached hydrogen (secondary N) is 2. The van der Waals surface area contributed by atoms with Gasteiger partial charge in [0.1, 0.15) is 5.75 Å². The van der Waals surface area contributed by atoms with Crippen molar-refractivity contribution < 1.29 is 19.1 Å². The molecule has 0 saturated carbocycles. The van der Waals surface area contributed by atoms with Crippen LogP contribution in [-0.2, 0) is 16.1 Å². The monoisotopic (exact) mass is 397 g/mol. The van der Waals surface area contributed by atoms with E-state index in [1.807, 2.05) is 32.0 Å². The summed E-state index contributed by atoms with van der Waals surface area (Å²) >= 11 is 0. The van der Waals surface area contributed by atoms with E-state index in [-0.39, 0.29) is 24.3 Å². The van der Waals surface area contributed by atoms with Crippen LogP contribution in [-0.4, -0.2) is 42.3 Å². The van der Waals surface area contributed by atoms with Crippen molar-refractivity contribution in [2.75, 3.05) is 25.0 Å². The highest BCUT2D eigenvalue weighted by molar-refractivity contribution is 6.00. The first-order valence-corrected chi connectivity index (χ1v) is 9.58. The van der Waals surface area contributed by atoms with Crippen LogP contribution >= 0.6 is 0 Å². The Morgan fingerprint density at radius 2 is 1.79 bits per heavy atom. The van der Waals surface area contributed by atoms with Crippen molar-refractivity contribution in [1.82, 2.24) is 10.2 Å². The van der Waals surface area contributed by atoms with Crippen LogP contribution in [0, 0.1) is 0 Å². The van der Waals surface area contributed by atoms with Crippen molar-refractivity contribution in [3.63, 3.8) is 0 Å². The zero-order valence-electron chi connectivity index (χ0n) is 17.0. The van der Waals surface area contributed by atoms with Gasteiger partial charge in [-0.15, -0.1) is 0 Å². The van der Waals surface area contributed by atoms with Gasteiger partial charge < -0.3 is 20.3 Å². The van der Waals surface area contributed by atoms with E-state index < -0.39 is 0 Å². The molecule has 2 rings (SSSR count). The number of amides is 3. The second kappa shape index (κ2) is 10.8. The highest BCUT2D eigenvalue weighted by Gasteiger charge is 2.13. The second-order valence-electron chi connectivity index (χ2n) is 6.39. The van der Waals surface area contributed by atoms with Gasteiger partial charge in [0.2, 0.25) is 11.8 Å². The largest absolute Gasteiger partial charge is 0.493 e. The van der Waals surface area contributed by atoms with E-state index in [1.165, 1.54) is 6.92 Å². The molecule has 0 aliphatic rings. The number of rotatable bonds is 9. The lowest BCUT2D eigenvalue weighted by Gasteiger charge is -2.19. The normalized spacial score (nSPS) is 10.2. The number of para-hydroxylation sites is 1. The summed E-state index contributed by atoms with van der Waals surface area (Å²) in [5.41, 5.74) is 1.90. The minimum atomic E-state index is -0.377. The molecule has 0 aliphatic carbocycles. The lowest BCUT2D eigenvalue weighted by molar-refractivity contribution is -0.129. The standard InChI is InChI=1S/C22H27N3O4/c1-4-25(16(3)26)15-17-9-8-10-18(13-17)24-21(27)14-23-22(28)19-11-6-7-12-20(19)29-5-2/h6-13H,4-5,14-15H2,1-3H3,(H,23,28)(H,24,27). The number of carbonyl (C=O) groups is 3. The van der Waals surface area contributed by atoms with Gasteiger partial charge in [-0.2, -0.15) is 0 Å². The average Bonchev–Trinajstić information content (AvgIpc) is 2.71. The number of hydrogen-bond donors (Lipinski definition) is 2. The van der Waals surface area contributed by atoms with E-state index >= 15 is 0 Å². The molecule has 7 heteroatoms. The molecule has 29 heavy (non-hydrogen) atoms. The van der Waals surface area contributed by atoms with Gasteiger partial charge in [0.25, 0.3) is 5.91 Å². The van der Waals surface area contributed by atoms with E-state index in [1.54, 1.807) is 35.2 Å². The highest BCUT2D eigenvalue weighted by Crippen LogP contribution is 2.17. The van der Waals surface area contributed by atoms with Crippen LogP contribution in [0.1, 0.15) is 36.7 Å². The summed E-state index contributed by atoms with van der Waals surface area (Å²) in [6, 6.07) is 14.2. The zero-order valence-corrected chi connectivity index (χ0v) is 17.0. The Labute approximate surface area is 171 Å². The number of anilines is 1. The second-order valence-corrected chi connectivity index (χ2v) is 6.39. The predicted octanol–water partition coefficient (Wildman–Crippen LogP) is 2.82. The molecule has 2 aromatic rings. The summed E-state index contributed by atoms with van der Waals surface area (Å²) < 4.78 is 5.44. The molecule has 0 spiro atoms. The van der Waals surface area contributed by atoms with Crippen molar-refractivity contribution in [2.24, 2.45) is 0 Å². The molecule has 0 radical (unpaired) electrons. The van der Waals surface area contributed by atoms with Crippen LogP contribution in [0.15, 0.2) is 48.5 Å². The third-order valence-electron chi connectivity index (χ3n) is 4.25. The van der Waals surface area contributed by atoms with Gasteiger partial charge in [0.05, 0.1) is 18.7 Å². The molecule has 0 fully saturated rings. The minimum Gasteiger partial charge on any atom is -0.493 e. The fourth-order valence-electron chi connectivity index (χ4n) is 2.81. The van der Waals surface area contributed by atoms with Gasteiger partial charge in [0, 0.05) is 25.7 Å². The van der Waals surface area contributed by atoms with E-state index in [2.05, 4.69) is 10.6 Å². The predicted molar refractivity (Wildman–Crippen MR) is 112 cm³/mol. The van der Waals surface area contributed by atoms with Crippen molar-refractivity contribution in [3.8, 4) is 5.75 Å². The molecule has 7 nitrogen and oxygen atoms in total. The summed E-state index contributed by atoms with van der Waals surface area (Å²) in [6.45, 7) is 6.65. The van der Waals surface area contributed by atoms with Crippen molar-refractivity contribution in [1.29, 1.82) is 0 Å².